The van der Waals surface area contributed by atoms with Crippen molar-refractivity contribution in [2.75, 3.05) is 9.34 Å². The van der Waals surface area contributed by atoms with Crippen molar-refractivity contribution in [3.63, 3.8) is 0 Å². The van der Waals surface area contributed by atoms with E-state index in [0.717, 1.165) is 166 Å². The van der Waals surface area contributed by atoms with Gasteiger partial charge < -0.3 is 4.57 Å². The SMILES string of the molecule is O=P1(c2ccccc2)c2ccccc2-c2cc3c4ccccc4n(-c4cc(-c5cccc(-c6cccc7c6c6cc8c(cc6n7-c6cc(-c7ccccc7)cc(-c7ccccc7)c6)N(c6ccccc6)P(=O)(c6ccccc6)c6ccccc6-8)c5)nc(-c5ccccc5)n4)c3cc2N1c1ccccc1. The third-order valence-electron chi connectivity index (χ3n) is 20.8. The molecule has 5 heterocycles. The van der Waals surface area contributed by atoms with Crippen LogP contribution < -0.4 is 30.6 Å². The second-order valence-corrected chi connectivity index (χ2v) is 31.8. The van der Waals surface area contributed by atoms with Crippen molar-refractivity contribution in [1.29, 1.82) is 0 Å². The van der Waals surface area contributed by atoms with E-state index in [1.807, 2.05) is 133 Å². The summed E-state index contributed by atoms with van der Waals surface area (Å²) in [6, 6.07) is 131. The summed E-state index contributed by atoms with van der Waals surface area (Å²) in [4.78, 5) is 11.1. The number of fused-ring (bicyclic) bond motifs is 12. The zero-order valence-electron chi connectivity index (χ0n) is 56.2. The Morgan fingerprint density at radius 2 is 0.673 bits per heavy atom. The fourth-order valence-electron chi connectivity index (χ4n) is 16.2. The first-order valence-corrected chi connectivity index (χ1v) is 38.4. The maximum absolute atomic E-state index is 17.0. The van der Waals surface area contributed by atoms with Crippen molar-refractivity contribution >= 4 is 102 Å². The van der Waals surface area contributed by atoms with Gasteiger partial charge in [0.05, 0.1) is 39.1 Å². The van der Waals surface area contributed by atoms with E-state index in [0.29, 0.717) is 11.6 Å². The highest BCUT2D eigenvalue weighted by Crippen LogP contribution is 2.64. The Hall–Kier alpha value is -13.0. The van der Waals surface area contributed by atoms with E-state index in [1.54, 1.807) is 0 Å². The molecular formula is C94H62N6O2P2. The minimum Gasteiger partial charge on any atom is -0.309 e. The van der Waals surface area contributed by atoms with E-state index < -0.39 is 14.6 Å². The minimum atomic E-state index is -3.62. The number of hydrogen-bond donors (Lipinski definition) is 0. The Morgan fingerprint density at radius 3 is 1.24 bits per heavy atom. The number of aromatic nitrogens is 4. The molecule has 0 spiro atoms. The Morgan fingerprint density at radius 1 is 0.250 bits per heavy atom. The van der Waals surface area contributed by atoms with Gasteiger partial charge in [-0.3, -0.25) is 23.0 Å². The van der Waals surface area contributed by atoms with Gasteiger partial charge in [0, 0.05) is 88.1 Å². The molecule has 3 aromatic heterocycles. The third-order valence-corrected chi connectivity index (χ3v) is 26.9. The molecule has 10 heteroatoms. The van der Waals surface area contributed by atoms with Crippen LogP contribution in [0.5, 0.6) is 0 Å². The number of para-hydroxylation sites is 3. The van der Waals surface area contributed by atoms with Crippen molar-refractivity contribution in [3.05, 3.63) is 376 Å². The first-order valence-electron chi connectivity index (χ1n) is 35.1. The molecule has 0 saturated carbocycles. The van der Waals surface area contributed by atoms with Gasteiger partial charge >= 0.3 is 0 Å². The lowest BCUT2D eigenvalue weighted by Gasteiger charge is -2.40. The molecule has 2 unspecified atom stereocenters. The molecule has 2 atom stereocenters. The summed E-state index contributed by atoms with van der Waals surface area (Å²) in [6.45, 7) is 0. The predicted octanol–water partition coefficient (Wildman–Crippen LogP) is 23.1. The number of hydrogen-bond acceptors (Lipinski definition) is 4. The normalized spacial score (nSPS) is 15.2. The monoisotopic (exact) mass is 1370 g/mol. The number of anilines is 4. The van der Waals surface area contributed by atoms with Crippen molar-refractivity contribution < 1.29 is 9.13 Å². The summed E-state index contributed by atoms with van der Waals surface area (Å²) in [5.74, 6) is 1.26. The van der Waals surface area contributed by atoms with Gasteiger partial charge in [-0.25, -0.2) is 9.97 Å². The van der Waals surface area contributed by atoms with Crippen LogP contribution in [0.15, 0.2) is 376 Å². The Bertz CT molecular complexity index is 6490. The predicted molar refractivity (Wildman–Crippen MR) is 433 cm³/mol. The van der Waals surface area contributed by atoms with Crippen LogP contribution in [0.4, 0.5) is 22.7 Å². The molecule has 0 N–H and O–H groups in total. The maximum atomic E-state index is 17.0. The summed E-state index contributed by atoms with van der Waals surface area (Å²) >= 11 is 0. The van der Waals surface area contributed by atoms with Gasteiger partial charge in [-0.1, -0.05) is 249 Å². The van der Waals surface area contributed by atoms with Gasteiger partial charge in [-0.05, 0) is 166 Å². The molecule has 20 rings (SSSR count). The average molecular weight is 1370 g/mol. The van der Waals surface area contributed by atoms with E-state index in [4.69, 9.17) is 9.97 Å². The number of rotatable bonds is 11. The second kappa shape index (κ2) is 24.4. The van der Waals surface area contributed by atoms with Gasteiger partial charge in [0.25, 0.3) is 0 Å². The number of benzene rings is 15. The van der Waals surface area contributed by atoms with E-state index in [1.165, 1.54) is 0 Å². The van der Waals surface area contributed by atoms with Gasteiger partial charge in [-0.15, -0.1) is 0 Å². The minimum absolute atomic E-state index is 0.574. The van der Waals surface area contributed by atoms with Gasteiger partial charge in [-0.2, -0.15) is 0 Å². The summed E-state index contributed by atoms with van der Waals surface area (Å²) in [6.07, 6.45) is 0. The highest BCUT2D eigenvalue weighted by Gasteiger charge is 2.45. The van der Waals surface area contributed by atoms with Crippen LogP contribution in [0.3, 0.4) is 0 Å². The van der Waals surface area contributed by atoms with Crippen LogP contribution in [0, 0.1) is 0 Å². The van der Waals surface area contributed by atoms with E-state index in [2.05, 4.69) is 261 Å². The molecule has 0 aliphatic carbocycles. The largest absolute Gasteiger partial charge is 0.309 e. The smallest absolute Gasteiger partial charge is 0.234 e. The summed E-state index contributed by atoms with van der Waals surface area (Å²) in [5.41, 5.74) is 21.0. The van der Waals surface area contributed by atoms with Gasteiger partial charge in [0.15, 0.2) is 5.82 Å². The van der Waals surface area contributed by atoms with Gasteiger partial charge in [0.2, 0.25) is 14.6 Å². The Kier molecular flexibility index (Phi) is 14.3. The van der Waals surface area contributed by atoms with Crippen molar-refractivity contribution in [1.82, 2.24) is 19.1 Å². The topological polar surface area (TPSA) is 76.3 Å². The molecule has 15 aromatic carbocycles. The lowest BCUT2D eigenvalue weighted by Crippen LogP contribution is -2.33. The first-order chi connectivity index (χ1) is 51.3. The zero-order chi connectivity index (χ0) is 69.0. The molecule has 18 aromatic rings. The van der Waals surface area contributed by atoms with Crippen LogP contribution >= 0.6 is 14.6 Å². The second-order valence-electron chi connectivity index (χ2n) is 26.7. The molecule has 104 heavy (non-hydrogen) atoms. The molecular weight excluding hydrogens is 1310 g/mol. The van der Waals surface area contributed by atoms with Crippen LogP contribution in [0.1, 0.15) is 0 Å². The van der Waals surface area contributed by atoms with Crippen molar-refractivity contribution in [2.24, 2.45) is 0 Å². The molecule has 2 aliphatic heterocycles. The third kappa shape index (κ3) is 9.61. The highest BCUT2D eigenvalue weighted by atomic mass is 31.2. The summed E-state index contributed by atoms with van der Waals surface area (Å²) in [5, 5.41) is 7.31. The fraction of sp³-hybridized carbons (Fsp3) is 0. The van der Waals surface area contributed by atoms with E-state index in [-0.39, 0.29) is 0 Å². The fourth-order valence-corrected chi connectivity index (χ4v) is 22.3. The zero-order valence-corrected chi connectivity index (χ0v) is 58.0. The average Bonchev–Trinajstić information content (AvgIpc) is 1.15. The lowest BCUT2D eigenvalue weighted by atomic mass is 9.95. The highest BCUT2D eigenvalue weighted by molar-refractivity contribution is 7.81. The Balaban J connectivity index is 0.826. The van der Waals surface area contributed by atoms with Crippen LogP contribution in [0.25, 0.3) is 133 Å². The molecule has 0 saturated heterocycles. The van der Waals surface area contributed by atoms with E-state index in [9.17, 15) is 0 Å². The number of nitrogens with zero attached hydrogens (tertiary/aromatic N) is 6. The standard InChI is InChI=1S/C94H62N6O2P2/c101-103(73-42-18-6-19-43-73)90-52-26-23-47-77(90)80-58-79-76-46-22-25-50-84(76)98(86(79)61-88(80)99(103)70-38-14-4-15-39-70)92-60-83(95-94(96-92)65-34-12-3-13-35-65)67-37-28-36-66(54-67)75-49-29-51-85-93(75)82-59-81-78-48-24-27-53-91(78)104(102,74-44-20-7-21-45-74)100(71-40-16-5-17-41-71)89(81)62-87(82)97(85)72-56-68(63-30-8-1-9-31-63)55-69(57-72)64-32-10-2-11-33-64/h1-62H. The Labute approximate surface area is 601 Å². The van der Waals surface area contributed by atoms with Crippen molar-refractivity contribution in [3.8, 4) is 89.8 Å². The lowest BCUT2D eigenvalue weighted by molar-refractivity contribution is 0.586. The maximum Gasteiger partial charge on any atom is 0.234 e. The van der Waals surface area contributed by atoms with Crippen molar-refractivity contribution in [2.45, 2.75) is 0 Å². The molecule has 8 nitrogen and oxygen atoms in total. The summed E-state index contributed by atoms with van der Waals surface area (Å²) in [7, 11) is -7.20. The molecule has 0 bridgehead atoms. The molecule has 0 radical (unpaired) electrons. The quantitative estimate of drug-likeness (QED) is 0.120. The molecule has 0 fully saturated rings. The van der Waals surface area contributed by atoms with Crippen LogP contribution in [-0.2, 0) is 9.13 Å². The summed E-state index contributed by atoms with van der Waals surface area (Å²) < 4.78 is 42.8. The van der Waals surface area contributed by atoms with Gasteiger partial charge in [0.1, 0.15) is 5.82 Å². The van der Waals surface area contributed by atoms with E-state index >= 15 is 9.13 Å². The van der Waals surface area contributed by atoms with Crippen LogP contribution in [-0.4, -0.2) is 19.1 Å². The molecule has 0 amide bonds. The molecule has 490 valence electrons. The first kappa shape index (κ1) is 61.0. The van der Waals surface area contributed by atoms with Crippen LogP contribution in [0.2, 0.25) is 0 Å². The molecule has 2 aliphatic rings.